The zero-order chi connectivity index (χ0) is 22.7. The first-order valence-corrected chi connectivity index (χ1v) is 5.81. The molecule has 0 spiro atoms. The highest BCUT2D eigenvalue weighted by molar-refractivity contribution is 4.64. The maximum absolute atomic E-state index is 12.8. The molecule has 19 heteroatoms. The predicted octanol–water partition coefficient (Wildman–Crippen LogP) is 4.54. The summed E-state index contributed by atoms with van der Waals surface area (Å²) in [6, 6.07) is 0. The molecule has 0 aliphatic rings. The van der Waals surface area contributed by atoms with Crippen molar-refractivity contribution >= 4 is 0 Å². The SMILES string of the molecule is C=CCOC(F)(F)OC(F)(F)OC(F)(F)OC(F)(F)OC(F)(F)OC(F)(F)F. The fourth-order valence-electron chi connectivity index (χ4n) is 0.957. The van der Waals surface area contributed by atoms with Gasteiger partial charge in [0, 0.05) is 0 Å². The zero-order valence-corrected chi connectivity index (χ0v) is 12.4. The van der Waals surface area contributed by atoms with Crippen LogP contribution in [0.2, 0.25) is 0 Å². The molecule has 0 amide bonds. The van der Waals surface area contributed by atoms with Gasteiger partial charge < -0.3 is 0 Å². The summed E-state index contributed by atoms with van der Waals surface area (Å²) in [5, 5.41) is 0. The summed E-state index contributed by atoms with van der Waals surface area (Å²) < 4.78 is 174. The molecular formula is C9H5F13O6. The standard InChI is InChI=1S/C9H5F13O6/c1-2-3-23-5(13,14)25-7(17,18)27-9(21,22)28-8(19,20)26-6(15,16)24-4(10,11)12/h2H,1,3H2. The molecule has 0 atom stereocenters. The minimum Gasteiger partial charge on any atom is -0.291 e. The topological polar surface area (TPSA) is 55.4 Å². The molecule has 0 aromatic rings. The molecule has 28 heavy (non-hydrogen) atoms. The third-order valence-electron chi connectivity index (χ3n) is 1.55. The highest BCUT2D eigenvalue weighted by Crippen LogP contribution is 2.40. The van der Waals surface area contributed by atoms with Crippen LogP contribution in [0.4, 0.5) is 57.1 Å². The first-order valence-electron chi connectivity index (χ1n) is 5.81. The van der Waals surface area contributed by atoms with Crippen LogP contribution in [0.25, 0.3) is 0 Å². The summed E-state index contributed by atoms with van der Waals surface area (Å²) in [5.74, 6) is 0. The van der Waals surface area contributed by atoms with E-state index in [9.17, 15) is 57.1 Å². The Hall–Kier alpha value is -1.41. The molecule has 0 fully saturated rings. The Morgan fingerprint density at radius 2 is 0.786 bits per heavy atom. The number of hydrogen-bond acceptors (Lipinski definition) is 6. The van der Waals surface area contributed by atoms with Crippen LogP contribution in [-0.2, 0) is 28.4 Å². The third kappa shape index (κ3) is 12.1. The maximum Gasteiger partial charge on any atom is 0.529 e. The van der Waals surface area contributed by atoms with Crippen LogP contribution in [0.5, 0.6) is 0 Å². The van der Waals surface area contributed by atoms with Gasteiger partial charge in [-0.05, 0) is 0 Å². The normalized spacial score (nSPS) is 15.0. The second-order valence-corrected chi connectivity index (χ2v) is 3.87. The van der Waals surface area contributed by atoms with Gasteiger partial charge in [0.1, 0.15) is 0 Å². The predicted molar refractivity (Wildman–Crippen MR) is 52.4 cm³/mol. The third-order valence-corrected chi connectivity index (χ3v) is 1.55. The summed E-state index contributed by atoms with van der Waals surface area (Å²) in [7, 11) is 0. The molecule has 0 rings (SSSR count). The molecule has 0 bridgehead atoms. The summed E-state index contributed by atoms with van der Waals surface area (Å²) in [4.78, 5) is 0. The molecule has 0 aromatic carbocycles. The van der Waals surface area contributed by atoms with E-state index in [4.69, 9.17) is 0 Å². The van der Waals surface area contributed by atoms with E-state index in [2.05, 4.69) is 16.1 Å². The zero-order valence-electron chi connectivity index (χ0n) is 12.4. The average molecular weight is 456 g/mol. The Labute approximate surface area is 144 Å². The Morgan fingerprint density at radius 3 is 1.07 bits per heavy atom. The van der Waals surface area contributed by atoms with Crippen LogP contribution in [0.1, 0.15) is 0 Å². The van der Waals surface area contributed by atoms with Gasteiger partial charge in [-0.2, -0.15) is 4.74 Å². The van der Waals surface area contributed by atoms with Crippen LogP contribution >= 0.6 is 0 Å². The van der Waals surface area contributed by atoms with Crippen molar-refractivity contribution in [2.24, 2.45) is 0 Å². The maximum atomic E-state index is 12.8. The second kappa shape index (κ2) is 8.53. The molecule has 6 nitrogen and oxygen atoms in total. The average Bonchev–Trinajstić information content (AvgIpc) is 2.26. The van der Waals surface area contributed by atoms with Crippen LogP contribution in [0.15, 0.2) is 12.7 Å². The van der Waals surface area contributed by atoms with Gasteiger partial charge in [0.25, 0.3) is 0 Å². The molecule has 0 aromatic heterocycles. The molecule has 0 radical (unpaired) electrons. The van der Waals surface area contributed by atoms with Crippen molar-refractivity contribution in [2.75, 3.05) is 6.61 Å². The van der Waals surface area contributed by atoms with Crippen molar-refractivity contribution in [2.45, 2.75) is 37.8 Å². The van der Waals surface area contributed by atoms with Gasteiger partial charge >= 0.3 is 37.8 Å². The summed E-state index contributed by atoms with van der Waals surface area (Å²) in [6.45, 7) is 1.62. The molecule has 0 unspecified atom stereocenters. The van der Waals surface area contributed by atoms with E-state index in [1.54, 1.807) is 4.74 Å². The van der Waals surface area contributed by atoms with Crippen molar-refractivity contribution in [3.63, 3.8) is 0 Å². The van der Waals surface area contributed by atoms with Crippen molar-refractivity contribution in [1.29, 1.82) is 0 Å². The summed E-state index contributed by atoms with van der Waals surface area (Å²) >= 11 is 0. The lowest BCUT2D eigenvalue weighted by Crippen LogP contribution is -2.48. The van der Waals surface area contributed by atoms with Crippen molar-refractivity contribution in [3.05, 3.63) is 12.7 Å². The number of halogens is 13. The van der Waals surface area contributed by atoms with Gasteiger partial charge in [-0.1, -0.05) is 6.08 Å². The first kappa shape index (κ1) is 26.6. The van der Waals surface area contributed by atoms with E-state index in [1.165, 1.54) is 0 Å². The summed E-state index contributed by atoms with van der Waals surface area (Å²) in [6.07, 6.45) is -36.6. The number of ether oxygens (including phenoxy) is 6. The smallest absolute Gasteiger partial charge is 0.291 e. The van der Waals surface area contributed by atoms with E-state index < -0.39 is 44.4 Å². The largest absolute Gasteiger partial charge is 0.529 e. The molecule has 0 saturated heterocycles. The van der Waals surface area contributed by atoms with Gasteiger partial charge in [0.2, 0.25) is 0 Å². The molecule has 0 heterocycles. The molecular weight excluding hydrogens is 451 g/mol. The van der Waals surface area contributed by atoms with E-state index in [-0.39, 0.29) is 0 Å². The van der Waals surface area contributed by atoms with Gasteiger partial charge in [-0.15, -0.1) is 63.7 Å². The second-order valence-electron chi connectivity index (χ2n) is 3.87. The molecule has 0 saturated carbocycles. The first-order chi connectivity index (χ1) is 12.1. The number of rotatable bonds is 12. The lowest BCUT2D eigenvalue weighted by Gasteiger charge is -2.28. The van der Waals surface area contributed by atoms with Gasteiger partial charge in [0.05, 0.1) is 6.61 Å². The Bertz CT molecular complexity index is 519. The molecule has 168 valence electrons. The number of alkyl halides is 13. The van der Waals surface area contributed by atoms with E-state index in [1.807, 2.05) is 14.2 Å². The fraction of sp³-hybridized carbons (Fsp3) is 0.778. The summed E-state index contributed by atoms with van der Waals surface area (Å²) in [5.41, 5.74) is 0. The highest BCUT2D eigenvalue weighted by atomic mass is 19.4. The molecule has 0 N–H and O–H groups in total. The van der Waals surface area contributed by atoms with E-state index in [0.29, 0.717) is 6.08 Å². The quantitative estimate of drug-likeness (QED) is 0.244. The van der Waals surface area contributed by atoms with Crippen molar-refractivity contribution < 1.29 is 85.5 Å². The Kier molecular flexibility index (Phi) is 8.10. The van der Waals surface area contributed by atoms with Crippen LogP contribution in [0.3, 0.4) is 0 Å². The van der Waals surface area contributed by atoms with E-state index in [0.717, 1.165) is 0 Å². The lowest BCUT2D eigenvalue weighted by molar-refractivity contribution is -0.631. The lowest BCUT2D eigenvalue weighted by atomic mass is 10.7. The van der Waals surface area contributed by atoms with Gasteiger partial charge in [0.15, 0.2) is 0 Å². The fourth-order valence-corrected chi connectivity index (χ4v) is 0.957. The van der Waals surface area contributed by atoms with Crippen LogP contribution in [0, 0.1) is 0 Å². The molecule has 0 aliphatic heterocycles. The Morgan fingerprint density at radius 1 is 0.500 bits per heavy atom. The van der Waals surface area contributed by atoms with Crippen molar-refractivity contribution in [1.82, 2.24) is 0 Å². The number of hydrogen-bond donors (Lipinski definition) is 0. The minimum absolute atomic E-state index is 0.551. The monoisotopic (exact) mass is 456 g/mol. The molecule has 0 aliphatic carbocycles. The van der Waals surface area contributed by atoms with Gasteiger partial charge in [-0.25, -0.2) is 18.9 Å². The van der Waals surface area contributed by atoms with Crippen LogP contribution < -0.4 is 0 Å². The minimum atomic E-state index is -6.49. The highest BCUT2D eigenvalue weighted by Gasteiger charge is 2.61. The Balaban J connectivity index is 5.07. The van der Waals surface area contributed by atoms with Crippen molar-refractivity contribution in [3.8, 4) is 0 Å². The van der Waals surface area contributed by atoms with Gasteiger partial charge in [-0.3, -0.25) is 4.74 Å². The van der Waals surface area contributed by atoms with E-state index >= 15 is 0 Å². The van der Waals surface area contributed by atoms with Crippen LogP contribution in [-0.4, -0.2) is 44.4 Å².